The zero-order valence-corrected chi connectivity index (χ0v) is 23.8. The molecule has 0 aromatic heterocycles. The van der Waals surface area contributed by atoms with Crippen LogP contribution in [0.15, 0.2) is 35.4 Å². The van der Waals surface area contributed by atoms with Crippen LogP contribution >= 0.6 is 11.8 Å². The van der Waals surface area contributed by atoms with Gasteiger partial charge in [-0.2, -0.15) is 0 Å². The van der Waals surface area contributed by atoms with E-state index in [1.807, 2.05) is 51.1 Å². The van der Waals surface area contributed by atoms with E-state index in [9.17, 15) is 9.59 Å². The number of amidine groups is 1. The first-order valence-electron chi connectivity index (χ1n) is 11.9. The quantitative estimate of drug-likeness (QED) is 0.363. The van der Waals surface area contributed by atoms with E-state index in [4.69, 9.17) is 10.2 Å². The highest BCUT2D eigenvalue weighted by Gasteiger charge is 2.49. The number of nitrogens with zero attached hydrogens (tertiary/aromatic N) is 2. The van der Waals surface area contributed by atoms with Crippen LogP contribution in [0.25, 0.3) is 0 Å². The summed E-state index contributed by atoms with van der Waals surface area (Å²) >= 11 is 1.38. The Balaban J connectivity index is 2.02. The molecule has 1 aliphatic rings. The van der Waals surface area contributed by atoms with Crippen molar-refractivity contribution in [2.75, 3.05) is 13.2 Å². The summed E-state index contributed by atoms with van der Waals surface area (Å²) in [6.45, 7) is 17.6. The Bertz CT molecular complexity index is 894. The molecule has 1 heterocycles. The highest BCUT2D eigenvalue weighted by molar-refractivity contribution is 8.14. The van der Waals surface area contributed by atoms with E-state index in [0.29, 0.717) is 37.6 Å². The molecule has 0 saturated heterocycles. The van der Waals surface area contributed by atoms with Crippen molar-refractivity contribution in [2.24, 2.45) is 16.3 Å². The van der Waals surface area contributed by atoms with Gasteiger partial charge in [-0.05, 0) is 36.5 Å². The zero-order valence-electron chi connectivity index (χ0n) is 22.0. The molecule has 0 saturated carbocycles. The lowest BCUT2D eigenvalue weighted by atomic mass is 9.92. The predicted octanol–water partition coefficient (Wildman–Crippen LogP) is 5.00. The molecule has 2 rings (SSSR count). The van der Waals surface area contributed by atoms with Gasteiger partial charge in [-0.15, -0.1) is 5.10 Å². The summed E-state index contributed by atoms with van der Waals surface area (Å²) in [4.78, 5) is 25.0. The van der Waals surface area contributed by atoms with Crippen molar-refractivity contribution in [1.82, 2.24) is 10.3 Å². The summed E-state index contributed by atoms with van der Waals surface area (Å²) in [5.41, 5.74) is 6.46. The molecule has 7 nitrogen and oxygen atoms in total. The van der Waals surface area contributed by atoms with Gasteiger partial charge in [-0.1, -0.05) is 83.6 Å². The topological polar surface area (TPSA) is 97.0 Å². The number of nitrogens with one attached hydrogen (secondary N) is 1. The Hall–Kier alpha value is -1.84. The van der Waals surface area contributed by atoms with Crippen molar-refractivity contribution in [2.45, 2.75) is 83.8 Å². The molecule has 1 aromatic carbocycles. The van der Waals surface area contributed by atoms with Crippen molar-refractivity contribution in [3.8, 4) is 0 Å². The minimum Gasteiger partial charge on any atom is -0.415 e. The second-order valence-electron chi connectivity index (χ2n) is 11.4. The number of hydrazone groups is 1. The third kappa shape index (κ3) is 6.85. The summed E-state index contributed by atoms with van der Waals surface area (Å²) in [7, 11) is -1.82. The molecular formula is C25H42N4O3SSi. The normalized spacial score (nSPS) is 19.2. The summed E-state index contributed by atoms with van der Waals surface area (Å²) in [5, 5.41) is 9.41. The lowest BCUT2D eigenvalue weighted by Gasteiger charge is -2.38. The third-order valence-electron chi connectivity index (χ3n) is 6.49. The summed E-state index contributed by atoms with van der Waals surface area (Å²) in [5.74, 6) is -0.121. The fourth-order valence-electron chi connectivity index (χ4n) is 3.41. The van der Waals surface area contributed by atoms with Crippen LogP contribution in [0.3, 0.4) is 0 Å². The third-order valence-corrected chi connectivity index (χ3v) is 12.3. The minimum absolute atomic E-state index is 0.0207. The molecule has 1 aromatic rings. The van der Waals surface area contributed by atoms with Crippen molar-refractivity contribution >= 4 is 37.1 Å². The van der Waals surface area contributed by atoms with Gasteiger partial charge in [0.2, 0.25) is 11.8 Å². The Morgan fingerprint density at radius 3 is 2.32 bits per heavy atom. The van der Waals surface area contributed by atoms with Crippen molar-refractivity contribution in [3.05, 3.63) is 35.9 Å². The lowest BCUT2D eigenvalue weighted by Crippen LogP contribution is -2.46. The molecule has 0 aliphatic carbocycles. The number of benzene rings is 1. The number of hydrogen-bond donors (Lipinski definition) is 2. The molecule has 1 aliphatic heterocycles. The Kier molecular flexibility index (Phi) is 9.04. The van der Waals surface area contributed by atoms with Crippen LogP contribution in [-0.2, 0) is 18.9 Å². The molecular weight excluding hydrogens is 464 g/mol. The highest BCUT2D eigenvalue weighted by Crippen LogP contribution is 2.49. The number of carbonyl (C=O) groups excluding carboxylic acids is 2. The number of carbonyl (C=O) groups is 2. The van der Waals surface area contributed by atoms with Gasteiger partial charge in [0.15, 0.2) is 13.5 Å². The maximum atomic E-state index is 13.3. The molecule has 1 atom stereocenters. The van der Waals surface area contributed by atoms with Crippen LogP contribution in [0, 0.1) is 5.41 Å². The van der Waals surface area contributed by atoms with Crippen LogP contribution < -0.4 is 11.1 Å². The van der Waals surface area contributed by atoms with Crippen LogP contribution in [0.4, 0.5) is 0 Å². The van der Waals surface area contributed by atoms with E-state index >= 15 is 0 Å². The van der Waals surface area contributed by atoms with E-state index < -0.39 is 18.6 Å². The summed E-state index contributed by atoms with van der Waals surface area (Å²) < 4.78 is 6.14. The largest absolute Gasteiger partial charge is 0.415 e. The molecule has 1 unspecified atom stereocenters. The number of nitrogens with two attached hydrogens (primary N) is 1. The van der Waals surface area contributed by atoms with Gasteiger partial charge in [0.05, 0.1) is 6.61 Å². The number of hydrogen-bond acceptors (Lipinski definition) is 6. The minimum atomic E-state index is -1.82. The number of amides is 2. The van der Waals surface area contributed by atoms with E-state index in [1.165, 1.54) is 16.8 Å². The van der Waals surface area contributed by atoms with E-state index in [2.05, 4.69) is 44.3 Å². The molecule has 2 amide bonds. The first kappa shape index (κ1) is 28.4. The average Bonchev–Trinajstić information content (AvgIpc) is 3.07. The maximum Gasteiger partial charge on any atom is 0.249 e. The zero-order chi connectivity index (χ0) is 25.8. The van der Waals surface area contributed by atoms with Crippen molar-refractivity contribution in [1.29, 1.82) is 0 Å². The highest BCUT2D eigenvalue weighted by atomic mass is 32.2. The van der Waals surface area contributed by atoms with Gasteiger partial charge >= 0.3 is 0 Å². The van der Waals surface area contributed by atoms with Gasteiger partial charge in [0.1, 0.15) is 4.87 Å². The second-order valence-corrected chi connectivity index (χ2v) is 17.5. The SMILES string of the molecule is CC(C)(C)C(=O)N1N=C(N)SC1(CCCC(=O)NCCO[Si](C)(C)C(C)(C)C)c1ccccc1. The molecule has 3 N–H and O–H groups in total. The Labute approximate surface area is 210 Å². The molecule has 9 heteroatoms. The van der Waals surface area contributed by atoms with Gasteiger partial charge in [0.25, 0.3) is 0 Å². The fourth-order valence-corrected chi connectivity index (χ4v) is 5.64. The number of rotatable bonds is 9. The Morgan fingerprint density at radius 1 is 1.15 bits per heavy atom. The summed E-state index contributed by atoms with van der Waals surface area (Å²) in [6.07, 6.45) is 1.50. The monoisotopic (exact) mass is 506 g/mol. The van der Waals surface area contributed by atoms with Gasteiger partial charge in [0, 0.05) is 18.4 Å². The molecule has 0 fully saturated rings. The van der Waals surface area contributed by atoms with E-state index in [0.717, 1.165) is 5.56 Å². The van der Waals surface area contributed by atoms with Gasteiger partial charge < -0.3 is 15.5 Å². The van der Waals surface area contributed by atoms with Crippen molar-refractivity contribution < 1.29 is 14.0 Å². The predicted molar refractivity (Wildman–Crippen MR) is 144 cm³/mol. The van der Waals surface area contributed by atoms with E-state index in [-0.39, 0.29) is 16.9 Å². The fraction of sp³-hybridized carbons (Fsp3) is 0.640. The standard InChI is InChI=1S/C25H42N4O3SSi/c1-23(2,3)21(31)29-25(33-22(26)28-29,19-13-10-9-11-14-19)16-12-15-20(30)27-17-18-32-34(7,8)24(4,5)6/h9-11,13-14H,12,15-18H2,1-8H3,(H2,26,28)(H,27,30). The van der Waals surface area contributed by atoms with Gasteiger partial charge in [-0.25, -0.2) is 5.01 Å². The number of thioether (sulfide) groups is 1. The van der Waals surface area contributed by atoms with Crippen LogP contribution in [0.2, 0.25) is 18.1 Å². The molecule has 0 bridgehead atoms. The van der Waals surface area contributed by atoms with Crippen LogP contribution in [0.1, 0.15) is 66.4 Å². The first-order chi connectivity index (χ1) is 15.6. The van der Waals surface area contributed by atoms with Crippen molar-refractivity contribution in [3.63, 3.8) is 0 Å². The molecule has 0 radical (unpaired) electrons. The second kappa shape index (κ2) is 10.8. The lowest BCUT2D eigenvalue weighted by molar-refractivity contribution is -0.143. The molecule has 34 heavy (non-hydrogen) atoms. The maximum absolute atomic E-state index is 13.3. The molecule has 0 spiro atoms. The first-order valence-corrected chi connectivity index (χ1v) is 15.7. The Morgan fingerprint density at radius 2 is 1.76 bits per heavy atom. The van der Waals surface area contributed by atoms with Crippen LogP contribution in [0.5, 0.6) is 0 Å². The smallest absolute Gasteiger partial charge is 0.249 e. The van der Waals surface area contributed by atoms with Crippen LogP contribution in [-0.4, -0.2) is 43.5 Å². The average molecular weight is 507 g/mol. The molecule has 190 valence electrons. The summed E-state index contributed by atoms with van der Waals surface area (Å²) in [6, 6.07) is 9.81. The van der Waals surface area contributed by atoms with Gasteiger partial charge in [-0.3, -0.25) is 9.59 Å². The van der Waals surface area contributed by atoms with E-state index in [1.54, 1.807) is 0 Å².